The highest BCUT2D eigenvalue weighted by molar-refractivity contribution is 6.30. The zero-order valence-corrected chi connectivity index (χ0v) is 16.4. The number of carbonyl (C=O) groups excluding carboxylic acids is 1. The van der Waals surface area contributed by atoms with Gasteiger partial charge in [0.25, 0.3) is 0 Å². The van der Waals surface area contributed by atoms with Crippen molar-refractivity contribution >= 4 is 29.9 Å². The fourth-order valence-corrected chi connectivity index (χ4v) is 3.39. The molecule has 26 heavy (non-hydrogen) atoms. The van der Waals surface area contributed by atoms with E-state index in [1.807, 2.05) is 53.4 Å². The molecule has 1 atom stereocenters. The molecule has 6 heteroatoms. The lowest BCUT2D eigenvalue weighted by molar-refractivity contribution is -0.134. The average molecular weight is 395 g/mol. The number of hydrogen-bond acceptors (Lipinski definition) is 3. The number of amides is 1. The highest BCUT2D eigenvalue weighted by Crippen LogP contribution is 2.30. The van der Waals surface area contributed by atoms with Crippen molar-refractivity contribution < 1.29 is 9.53 Å². The van der Waals surface area contributed by atoms with E-state index in [9.17, 15) is 4.79 Å². The first kappa shape index (κ1) is 20.6. The molecule has 2 aromatic rings. The van der Waals surface area contributed by atoms with E-state index in [1.165, 1.54) is 0 Å². The molecule has 0 saturated carbocycles. The molecule has 1 saturated heterocycles. The fourth-order valence-electron chi connectivity index (χ4n) is 3.27. The second kappa shape index (κ2) is 9.81. The van der Waals surface area contributed by atoms with Gasteiger partial charge in [0.1, 0.15) is 5.75 Å². The third-order valence-corrected chi connectivity index (χ3v) is 4.85. The van der Waals surface area contributed by atoms with Crippen LogP contribution < -0.4 is 10.1 Å². The van der Waals surface area contributed by atoms with Crippen LogP contribution in [0.1, 0.15) is 23.6 Å². The van der Waals surface area contributed by atoms with Crippen molar-refractivity contribution in [3.05, 3.63) is 64.7 Å². The molecule has 1 fully saturated rings. The summed E-state index contributed by atoms with van der Waals surface area (Å²) < 4.78 is 5.49. The van der Waals surface area contributed by atoms with Crippen LogP contribution in [-0.4, -0.2) is 37.6 Å². The Labute approximate surface area is 165 Å². The van der Waals surface area contributed by atoms with Crippen LogP contribution in [0.25, 0.3) is 0 Å². The number of hydrogen-bond donors (Lipinski definition) is 1. The maximum absolute atomic E-state index is 12.9. The zero-order valence-electron chi connectivity index (χ0n) is 14.8. The van der Waals surface area contributed by atoms with Gasteiger partial charge in [0.15, 0.2) is 0 Å². The first-order chi connectivity index (χ1) is 12.2. The summed E-state index contributed by atoms with van der Waals surface area (Å²) in [4.78, 5) is 14.8. The molecule has 1 unspecified atom stereocenters. The molecule has 1 heterocycles. The molecule has 0 spiro atoms. The summed E-state index contributed by atoms with van der Waals surface area (Å²) in [6.07, 6.45) is 1.21. The number of nitrogens with zero attached hydrogens (tertiary/aromatic N) is 1. The highest BCUT2D eigenvalue weighted by Gasteiger charge is 2.29. The number of para-hydroxylation sites is 1. The van der Waals surface area contributed by atoms with Gasteiger partial charge in [-0.15, -0.1) is 12.4 Å². The molecule has 1 aliphatic rings. The maximum Gasteiger partial charge on any atom is 0.223 e. The molecule has 140 valence electrons. The van der Waals surface area contributed by atoms with Crippen molar-refractivity contribution in [1.29, 1.82) is 0 Å². The van der Waals surface area contributed by atoms with Crippen molar-refractivity contribution in [2.24, 2.45) is 0 Å². The molecule has 0 bridgehead atoms. The second-order valence-electron chi connectivity index (χ2n) is 6.18. The summed E-state index contributed by atoms with van der Waals surface area (Å²) in [6.45, 7) is 2.27. The van der Waals surface area contributed by atoms with Gasteiger partial charge >= 0.3 is 0 Å². The van der Waals surface area contributed by atoms with Crippen LogP contribution in [0, 0.1) is 0 Å². The molecular formula is C20H24Cl2N2O2. The van der Waals surface area contributed by atoms with Gasteiger partial charge in [-0.1, -0.05) is 41.9 Å². The summed E-state index contributed by atoms with van der Waals surface area (Å²) in [5, 5.41) is 4.10. The highest BCUT2D eigenvalue weighted by atomic mass is 35.5. The average Bonchev–Trinajstić information content (AvgIpc) is 2.67. The number of benzene rings is 2. The van der Waals surface area contributed by atoms with Gasteiger partial charge in [-0.2, -0.15) is 0 Å². The molecule has 2 aromatic carbocycles. The SMILES string of the molecule is COc1ccccc1C1CNCCN1C(=O)CCc1ccc(Cl)cc1.Cl. The summed E-state index contributed by atoms with van der Waals surface area (Å²) in [6, 6.07) is 15.6. The van der Waals surface area contributed by atoms with Crippen LogP contribution in [0.2, 0.25) is 5.02 Å². The minimum absolute atomic E-state index is 0. The third kappa shape index (κ3) is 4.91. The lowest BCUT2D eigenvalue weighted by Gasteiger charge is -2.37. The number of methoxy groups -OCH3 is 1. The Kier molecular flexibility index (Phi) is 7.76. The van der Waals surface area contributed by atoms with Crippen molar-refractivity contribution in [3.63, 3.8) is 0 Å². The molecule has 0 radical (unpaired) electrons. The lowest BCUT2D eigenvalue weighted by atomic mass is 10.0. The van der Waals surface area contributed by atoms with Gasteiger partial charge in [-0.05, 0) is 30.2 Å². The summed E-state index contributed by atoms with van der Waals surface area (Å²) in [5.74, 6) is 0.999. The largest absolute Gasteiger partial charge is 0.496 e. The van der Waals surface area contributed by atoms with Crippen molar-refractivity contribution in [2.75, 3.05) is 26.7 Å². The molecule has 1 N–H and O–H groups in total. The van der Waals surface area contributed by atoms with Gasteiger partial charge < -0.3 is 15.0 Å². The Balaban J connectivity index is 0.00000243. The van der Waals surface area contributed by atoms with Crippen LogP contribution in [0.4, 0.5) is 0 Å². The molecular weight excluding hydrogens is 371 g/mol. The van der Waals surface area contributed by atoms with Gasteiger partial charge in [-0.25, -0.2) is 0 Å². The first-order valence-electron chi connectivity index (χ1n) is 8.56. The number of nitrogens with one attached hydrogen (secondary N) is 1. The Bertz CT molecular complexity index is 722. The smallest absolute Gasteiger partial charge is 0.223 e. The normalized spacial score (nSPS) is 16.7. The molecule has 3 rings (SSSR count). The summed E-state index contributed by atoms with van der Waals surface area (Å²) in [5.41, 5.74) is 2.18. The van der Waals surface area contributed by atoms with Crippen molar-refractivity contribution in [2.45, 2.75) is 18.9 Å². The Morgan fingerprint density at radius 2 is 1.96 bits per heavy atom. The Morgan fingerprint density at radius 3 is 2.69 bits per heavy atom. The van der Waals surface area contributed by atoms with Crippen LogP contribution in [0.15, 0.2) is 48.5 Å². The third-order valence-electron chi connectivity index (χ3n) is 4.60. The number of halogens is 2. The number of ether oxygens (including phenoxy) is 1. The maximum atomic E-state index is 12.9. The lowest BCUT2D eigenvalue weighted by Crippen LogP contribution is -2.48. The molecule has 0 aliphatic carbocycles. The Morgan fingerprint density at radius 1 is 1.23 bits per heavy atom. The van der Waals surface area contributed by atoms with Gasteiger partial charge in [0, 0.05) is 36.6 Å². The number of rotatable bonds is 5. The van der Waals surface area contributed by atoms with Crippen LogP contribution >= 0.6 is 24.0 Å². The molecule has 0 aromatic heterocycles. The standard InChI is InChI=1S/C20H23ClN2O2.ClH/c1-25-19-5-3-2-4-17(19)18-14-22-12-13-23(18)20(24)11-8-15-6-9-16(21)10-7-15;/h2-7,9-10,18,22H,8,11-14H2,1H3;1H. The first-order valence-corrected chi connectivity index (χ1v) is 8.94. The minimum Gasteiger partial charge on any atom is -0.496 e. The van der Waals surface area contributed by atoms with E-state index < -0.39 is 0 Å². The van der Waals surface area contributed by atoms with Gasteiger partial charge in [0.05, 0.1) is 13.2 Å². The van der Waals surface area contributed by atoms with Crippen LogP contribution in [0.3, 0.4) is 0 Å². The molecule has 1 aliphatic heterocycles. The molecule has 4 nitrogen and oxygen atoms in total. The number of aryl methyl sites for hydroxylation is 1. The molecule has 1 amide bonds. The monoisotopic (exact) mass is 394 g/mol. The van der Waals surface area contributed by atoms with E-state index in [-0.39, 0.29) is 24.4 Å². The summed E-state index contributed by atoms with van der Waals surface area (Å²) >= 11 is 5.92. The predicted molar refractivity (Wildman–Crippen MR) is 107 cm³/mol. The van der Waals surface area contributed by atoms with E-state index in [0.29, 0.717) is 18.0 Å². The van der Waals surface area contributed by atoms with Crippen molar-refractivity contribution in [1.82, 2.24) is 10.2 Å². The van der Waals surface area contributed by atoms with E-state index in [4.69, 9.17) is 16.3 Å². The predicted octanol–water partition coefficient (Wildman–Crippen LogP) is 3.88. The van der Waals surface area contributed by atoms with Gasteiger partial charge in [-0.3, -0.25) is 4.79 Å². The van der Waals surface area contributed by atoms with E-state index in [1.54, 1.807) is 7.11 Å². The zero-order chi connectivity index (χ0) is 17.6. The number of carbonyl (C=O) groups is 1. The summed E-state index contributed by atoms with van der Waals surface area (Å²) in [7, 11) is 1.67. The van der Waals surface area contributed by atoms with Crippen LogP contribution in [0.5, 0.6) is 5.75 Å². The van der Waals surface area contributed by atoms with E-state index in [0.717, 1.165) is 36.4 Å². The fraction of sp³-hybridized carbons (Fsp3) is 0.350. The minimum atomic E-state index is 0. The van der Waals surface area contributed by atoms with Crippen LogP contribution in [-0.2, 0) is 11.2 Å². The van der Waals surface area contributed by atoms with E-state index >= 15 is 0 Å². The quantitative estimate of drug-likeness (QED) is 0.836. The van der Waals surface area contributed by atoms with E-state index in [2.05, 4.69) is 5.32 Å². The topological polar surface area (TPSA) is 41.6 Å². The van der Waals surface area contributed by atoms with Crippen molar-refractivity contribution in [3.8, 4) is 5.75 Å². The van der Waals surface area contributed by atoms with Gasteiger partial charge in [0.2, 0.25) is 5.91 Å². The Hall–Kier alpha value is -1.75. The number of piperazine rings is 1. The second-order valence-corrected chi connectivity index (χ2v) is 6.61.